The van der Waals surface area contributed by atoms with E-state index in [-0.39, 0.29) is 5.82 Å². The molecule has 7 nitrogen and oxygen atoms in total. The Morgan fingerprint density at radius 2 is 2.03 bits per heavy atom. The number of morpholine rings is 1. The third-order valence-corrected chi connectivity index (χ3v) is 8.05. The van der Waals surface area contributed by atoms with Crippen molar-refractivity contribution in [2.24, 2.45) is 0 Å². The lowest BCUT2D eigenvalue weighted by Crippen LogP contribution is -2.36. The van der Waals surface area contributed by atoms with Crippen LogP contribution in [0, 0.1) is 5.82 Å². The number of ether oxygens (including phenoxy) is 1. The molecule has 2 fully saturated rings. The number of fused-ring (bicyclic) bond motifs is 2. The van der Waals surface area contributed by atoms with Crippen LogP contribution in [0.25, 0.3) is 32.5 Å². The van der Waals surface area contributed by atoms with Crippen molar-refractivity contribution in [3.63, 3.8) is 0 Å². The smallest absolute Gasteiger partial charge is 0.163 e. The largest absolute Gasteiger partial charge is 0.378 e. The van der Waals surface area contributed by atoms with Crippen LogP contribution >= 0.6 is 11.3 Å². The number of aromatic amines is 1. The van der Waals surface area contributed by atoms with Crippen molar-refractivity contribution < 1.29 is 9.13 Å². The molecule has 1 unspecified atom stereocenters. The minimum Gasteiger partial charge on any atom is -0.378 e. The number of likely N-dealkylation sites (tertiary alicyclic amines) is 1. The number of benzene rings is 1. The Balaban J connectivity index is 1.42. The molecule has 6 rings (SSSR count). The summed E-state index contributed by atoms with van der Waals surface area (Å²) >= 11 is 1.78. The first-order chi connectivity index (χ1) is 16.5. The highest BCUT2D eigenvalue weighted by Gasteiger charge is 2.26. The van der Waals surface area contributed by atoms with Crippen molar-refractivity contribution in [2.45, 2.75) is 19.0 Å². The van der Waals surface area contributed by atoms with Gasteiger partial charge in [-0.05, 0) is 44.8 Å². The molecule has 4 aromatic rings. The van der Waals surface area contributed by atoms with Crippen molar-refractivity contribution in [1.82, 2.24) is 24.8 Å². The van der Waals surface area contributed by atoms with Gasteiger partial charge in [0.25, 0.3) is 0 Å². The zero-order chi connectivity index (χ0) is 23.2. The fourth-order valence-corrected chi connectivity index (χ4v) is 6.22. The quantitative estimate of drug-likeness (QED) is 0.467. The predicted octanol–water partition coefficient (Wildman–Crippen LogP) is 3.95. The van der Waals surface area contributed by atoms with Crippen LogP contribution in [0.3, 0.4) is 0 Å². The van der Waals surface area contributed by atoms with Crippen molar-refractivity contribution >= 4 is 38.3 Å². The van der Waals surface area contributed by atoms with E-state index in [1.807, 2.05) is 12.3 Å². The molecule has 1 N–H and O–H groups in total. The molecule has 178 valence electrons. The number of aromatic nitrogens is 3. The number of rotatable bonds is 5. The fraction of sp³-hybridized carbons (Fsp3) is 0.440. The summed E-state index contributed by atoms with van der Waals surface area (Å²) in [6.07, 6.45) is 3.03. The Morgan fingerprint density at radius 3 is 2.82 bits per heavy atom. The topological polar surface area (TPSA) is 60.5 Å². The molecule has 2 saturated heterocycles. The Bertz CT molecular complexity index is 1330. The van der Waals surface area contributed by atoms with Gasteiger partial charge in [-0.2, -0.15) is 0 Å². The van der Waals surface area contributed by atoms with Crippen LogP contribution in [-0.2, 0) is 11.3 Å². The van der Waals surface area contributed by atoms with E-state index < -0.39 is 0 Å². The zero-order valence-electron chi connectivity index (χ0n) is 19.6. The molecule has 2 aliphatic rings. The SMILES string of the molecule is CN(C)C1CCN(Cc2cc3nc(-c4cc(F)cc5[nH]ccc45)nc(N4CCOCC4)c3s2)C1. The summed E-state index contributed by atoms with van der Waals surface area (Å²) in [7, 11) is 4.32. The molecule has 3 aromatic heterocycles. The van der Waals surface area contributed by atoms with E-state index in [9.17, 15) is 4.39 Å². The minimum atomic E-state index is -0.294. The molecular weight excluding hydrogens is 451 g/mol. The van der Waals surface area contributed by atoms with Gasteiger partial charge in [0.05, 0.1) is 23.4 Å². The lowest BCUT2D eigenvalue weighted by Gasteiger charge is -2.28. The van der Waals surface area contributed by atoms with E-state index >= 15 is 0 Å². The number of hydrogen-bond acceptors (Lipinski definition) is 7. The Kier molecular flexibility index (Phi) is 5.73. The molecular formula is C25H29FN6OS. The summed E-state index contributed by atoms with van der Waals surface area (Å²) in [5.41, 5.74) is 2.40. The zero-order valence-corrected chi connectivity index (χ0v) is 20.4. The second kappa shape index (κ2) is 8.88. The Labute approximate surface area is 202 Å². The predicted molar refractivity (Wildman–Crippen MR) is 135 cm³/mol. The first-order valence-electron chi connectivity index (χ1n) is 11.8. The van der Waals surface area contributed by atoms with Gasteiger partial charge in [0.2, 0.25) is 0 Å². The molecule has 0 saturated carbocycles. The lowest BCUT2D eigenvalue weighted by atomic mass is 10.1. The molecule has 0 radical (unpaired) electrons. The highest BCUT2D eigenvalue weighted by molar-refractivity contribution is 7.19. The second-order valence-corrected chi connectivity index (χ2v) is 10.6. The van der Waals surface area contributed by atoms with Crippen molar-refractivity contribution in [3.8, 4) is 11.4 Å². The monoisotopic (exact) mass is 480 g/mol. The van der Waals surface area contributed by atoms with Crippen LogP contribution in [-0.4, -0.2) is 84.3 Å². The van der Waals surface area contributed by atoms with Gasteiger partial charge in [0, 0.05) is 66.3 Å². The number of halogens is 1. The third kappa shape index (κ3) is 4.07. The third-order valence-electron chi connectivity index (χ3n) is 6.95. The van der Waals surface area contributed by atoms with Crippen LogP contribution in [0.2, 0.25) is 0 Å². The fourth-order valence-electron chi connectivity index (χ4n) is 5.07. The molecule has 0 bridgehead atoms. The van der Waals surface area contributed by atoms with Gasteiger partial charge in [-0.1, -0.05) is 0 Å². The van der Waals surface area contributed by atoms with E-state index in [4.69, 9.17) is 14.7 Å². The average Bonchev–Trinajstić information content (AvgIpc) is 3.58. The molecule has 0 aliphatic carbocycles. The summed E-state index contributed by atoms with van der Waals surface area (Å²) in [5.74, 6) is 1.20. The summed E-state index contributed by atoms with van der Waals surface area (Å²) in [5, 5.41) is 0.927. The first-order valence-corrected chi connectivity index (χ1v) is 12.7. The summed E-state index contributed by atoms with van der Waals surface area (Å²) in [6, 6.07) is 7.83. The van der Waals surface area contributed by atoms with Crippen molar-refractivity contribution in [3.05, 3.63) is 41.2 Å². The number of likely N-dealkylation sites (N-methyl/N-ethyl adjacent to an activating group) is 1. The maximum absolute atomic E-state index is 14.4. The van der Waals surface area contributed by atoms with E-state index in [0.29, 0.717) is 30.6 Å². The number of thiophene rings is 1. The van der Waals surface area contributed by atoms with Crippen LogP contribution in [0.15, 0.2) is 30.5 Å². The molecule has 9 heteroatoms. The molecule has 1 aromatic carbocycles. The number of H-pyrrole nitrogens is 1. The van der Waals surface area contributed by atoms with Crippen molar-refractivity contribution in [2.75, 3.05) is 58.4 Å². The summed E-state index contributed by atoms with van der Waals surface area (Å²) in [4.78, 5) is 21.5. The van der Waals surface area contributed by atoms with Gasteiger partial charge in [-0.15, -0.1) is 11.3 Å². The minimum absolute atomic E-state index is 0.294. The number of hydrogen-bond donors (Lipinski definition) is 1. The molecule has 0 amide bonds. The van der Waals surface area contributed by atoms with Gasteiger partial charge < -0.3 is 19.5 Å². The maximum atomic E-state index is 14.4. The summed E-state index contributed by atoms with van der Waals surface area (Å²) in [6.45, 7) is 6.06. The number of nitrogens with zero attached hydrogens (tertiary/aromatic N) is 5. The van der Waals surface area contributed by atoms with Crippen LogP contribution < -0.4 is 4.90 Å². The average molecular weight is 481 g/mol. The van der Waals surface area contributed by atoms with Crippen molar-refractivity contribution in [1.29, 1.82) is 0 Å². The van der Waals surface area contributed by atoms with E-state index in [1.54, 1.807) is 17.4 Å². The molecule has 34 heavy (non-hydrogen) atoms. The first kappa shape index (κ1) is 21.9. The Morgan fingerprint density at radius 1 is 1.18 bits per heavy atom. The van der Waals surface area contributed by atoms with Gasteiger partial charge in [-0.3, -0.25) is 4.90 Å². The lowest BCUT2D eigenvalue weighted by molar-refractivity contribution is 0.122. The van der Waals surface area contributed by atoms with E-state index in [0.717, 1.165) is 59.7 Å². The van der Waals surface area contributed by atoms with Gasteiger partial charge in [0.1, 0.15) is 5.82 Å². The van der Waals surface area contributed by atoms with Crippen LogP contribution in [0.4, 0.5) is 10.2 Å². The number of anilines is 1. The van der Waals surface area contributed by atoms with Crippen LogP contribution in [0.5, 0.6) is 0 Å². The highest BCUT2D eigenvalue weighted by atomic mass is 32.1. The molecule has 1 atom stereocenters. The molecule has 0 spiro atoms. The maximum Gasteiger partial charge on any atom is 0.163 e. The Hall–Kier alpha value is -2.59. The van der Waals surface area contributed by atoms with Gasteiger partial charge >= 0.3 is 0 Å². The van der Waals surface area contributed by atoms with Gasteiger partial charge in [0.15, 0.2) is 11.6 Å². The summed E-state index contributed by atoms with van der Waals surface area (Å²) < 4.78 is 21.1. The molecule has 5 heterocycles. The normalized spacial score (nSPS) is 19.8. The van der Waals surface area contributed by atoms with E-state index in [2.05, 4.69) is 39.8 Å². The standard InChI is InChI=1S/C25H29FN6OS/c1-30(2)17-4-6-31(14-17)15-18-13-22-23(34-18)25(32-7-9-33-10-8-32)29-24(28-22)20-11-16(26)12-21-19(20)3-5-27-21/h3,5,11-13,17,27H,4,6-10,14-15H2,1-2H3. The second-order valence-electron chi connectivity index (χ2n) is 9.43. The molecule has 2 aliphatic heterocycles. The van der Waals surface area contributed by atoms with E-state index in [1.165, 1.54) is 17.4 Å². The van der Waals surface area contributed by atoms with Gasteiger partial charge in [-0.25, -0.2) is 14.4 Å². The van der Waals surface area contributed by atoms with Crippen LogP contribution in [0.1, 0.15) is 11.3 Å². The highest BCUT2D eigenvalue weighted by Crippen LogP contribution is 2.37. The number of nitrogens with one attached hydrogen (secondary N) is 1.